The molecule has 3 rings (SSSR count). The third-order valence-electron chi connectivity index (χ3n) is 4.40. The highest BCUT2D eigenvalue weighted by Gasteiger charge is 2.32. The number of nitrogens with one attached hydrogen (secondary N) is 1. The average molecular weight is 309 g/mol. The summed E-state index contributed by atoms with van der Waals surface area (Å²) in [4.78, 5) is 2.70. The molecule has 1 aliphatic heterocycles. The molecule has 18 heavy (non-hydrogen) atoms. The minimum Gasteiger partial charge on any atom is -0.319 e. The van der Waals surface area contributed by atoms with E-state index in [-0.39, 0.29) is 0 Å². The Kier molecular flexibility index (Phi) is 3.73. The smallest absolute Gasteiger partial charge is 0.0354 e. The summed E-state index contributed by atoms with van der Waals surface area (Å²) < 4.78 is 1.22. The van der Waals surface area contributed by atoms with Gasteiger partial charge in [0.05, 0.1) is 0 Å². The molecule has 2 atom stereocenters. The number of nitrogens with zero attached hydrogens (tertiary/aromatic N) is 1. The number of fused-ring (bicyclic) bond motifs is 1. The zero-order valence-corrected chi connectivity index (χ0v) is 12.5. The minimum atomic E-state index is 0.676. The quantitative estimate of drug-likeness (QED) is 0.923. The summed E-state index contributed by atoms with van der Waals surface area (Å²) in [6.45, 7) is 3.70. The Hall–Kier alpha value is -0.380. The molecule has 1 aromatic rings. The normalized spacial score (nSPS) is 27.7. The Labute approximate surface area is 118 Å². The Morgan fingerprint density at radius 3 is 3.11 bits per heavy atom. The number of hydrogen-bond acceptors (Lipinski definition) is 2. The molecule has 0 saturated carbocycles. The van der Waals surface area contributed by atoms with Crippen LogP contribution in [0.15, 0.2) is 22.7 Å². The maximum Gasteiger partial charge on any atom is 0.0354 e. The van der Waals surface area contributed by atoms with E-state index in [1.165, 1.54) is 36.8 Å². The van der Waals surface area contributed by atoms with E-state index in [1.807, 2.05) is 0 Å². The summed E-state index contributed by atoms with van der Waals surface area (Å²) in [6.07, 6.45) is 3.90. The molecule has 3 heteroatoms. The van der Waals surface area contributed by atoms with Crippen molar-refractivity contribution >= 4 is 15.9 Å². The molecule has 98 valence electrons. The first-order chi connectivity index (χ1) is 8.78. The molecule has 1 aliphatic carbocycles. The van der Waals surface area contributed by atoms with E-state index in [9.17, 15) is 0 Å². The van der Waals surface area contributed by atoms with Gasteiger partial charge in [-0.05, 0) is 68.6 Å². The van der Waals surface area contributed by atoms with Crippen LogP contribution in [-0.2, 0) is 6.42 Å². The lowest BCUT2D eigenvalue weighted by Gasteiger charge is -2.25. The Bertz CT molecular complexity index is 433. The van der Waals surface area contributed by atoms with Gasteiger partial charge in [0, 0.05) is 17.1 Å². The molecule has 0 aromatic heterocycles. The van der Waals surface area contributed by atoms with Gasteiger partial charge in [-0.15, -0.1) is 0 Å². The summed E-state index contributed by atoms with van der Waals surface area (Å²) in [7, 11) is 2.06. The van der Waals surface area contributed by atoms with Gasteiger partial charge in [0.1, 0.15) is 0 Å². The topological polar surface area (TPSA) is 15.3 Å². The van der Waals surface area contributed by atoms with E-state index in [1.54, 1.807) is 11.1 Å². The van der Waals surface area contributed by atoms with Gasteiger partial charge in [0.15, 0.2) is 0 Å². The van der Waals surface area contributed by atoms with Crippen LogP contribution in [0.2, 0.25) is 0 Å². The Morgan fingerprint density at radius 2 is 2.28 bits per heavy atom. The number of likely N-dealkylation sites (tertiary alicyclic amines) is 1. The van der Waals surface area contributed by atoms with E-state index in [2.05, 4.69) is 51.4 Å². The van der Waals surface area contributed by atoms with Crippen LogP contribution in [0.1, 0.15) is 30.0 Å². The van der Waals surface area contributed by atoms with Crippen LogP contribution in [0.5, 0.6) is 0 Å². The van der Waals surface area contributed by atoms with E-state index < -0.39 is 0 Å². The van der Waals surface area contributed by atoms with Crippen LogP contribution in [0, 0.1) is 5.92 Å². The first kappa shape index (κ1) is 12.6. The number of hydrogen-bond donors (Lipinski definition) is 1. The van der Waals surface area contributed by atoms with Crippen molar-refractivity contribution in [3.05, 3.63) is 33.8 Å². The van der Waals surface area contributed by atoms with Gasteiger partial charge >= 0.3 is 0 Å². The molecular weight excluding hydrogens is 288 g/mol. The monoisotopic (exact) mass is 308 g/mol. The van der Waals surface area contributed by atoms with Crippen molar-refractivity contribution in [3.63, 3.8) is 0 Å². The van der Waals surface area contributed by atoms with Crippen molar-refractivity contribution in [2.75, 3.05) is 26.7 Å². The highest BCUT2D eigenvalue weighted by molar-refractivity contribution is 9.10. The molecule has 2 unspecified atom stereocenters. The summed E-state index contributed by atoms with van der Waals surface area (Å²) in [5, 5.41) is 3.31. The summed E-state index contributed by atoms with van der Waals surface area (Å²) in [5.74, 6) is 0.842. The van der Waals surface area contributed by atoms with Gasteiger partial charge in [-0.25, -0.2) is 0 Å². The lowest BCUT2D eigenvalue weighted by Crippen LogP contribution is -2.27. The molecule has 0 bridgehead atoms. The third-order valence-corrected chi connectivity index (χ3v) is 4.90. The predicted molar refractivity (Wildman–Crippen MR) is 78.8 cm³/mol. The minimum absolute atomic E-state index is 0.676. The second-order valence-electron chi connectivity index (χ2n) is 5.60. The highest BCUT2D eigenvalue weighted by Crippen LogP contribution is 2.39. The van der Waals surface area contributed by atoms with E-state index >= 15 is 0 Å². The molecule has 0 amide bonds. The zero-order chi connectivity index (χ0) is 12.5. The standard InChI is InChI=1S/C15H21BrN2/c1-17-9-11-6-7-18(10-11)15-5-2-12-8-13(16)3-4-14(12)15/h3-4,8,11,15,17H,2,5-7,9-10H2,1H3. The van der Waals surface area contributed by atoms with Gasteiger partial charge in [0.25, 0.3) is 0 Å². The van der Waals surface area contributed by atoms with Gasteiger partial charge in [-0.1, -0.05) is 22.0 Å². The molecule has 1 heterocycles. The SMILES string of the molecule is CNCC1CCN(C2CCc3cc(Br)ccc32)C1. The molecule has 0 radical (unpaired) electrons. The van der Waals surface area contributed by atoms with Crippen LogP contribution in [0.4, 0.5) is 0 Å². The van der Waals surface area contributed by atoms with E-state index in [0.29, 0.717) is 6.04 Å². The van der Waals surface area contributed by atoms with Crippen molar-refractivity contribution in [1.29, 1.82) is 0 Å². The fraction of sp³-hybridized carbons (Fsp3) is 0.600. The highest BCUT2D eigenvalue weighted by atomic mass is 79.9. The van der Waals surface area contributed by atoms with Gasteiger partial charge < -0.3 is 5.32 Å². The van der Waals surface area contributed by atoms with Crippen LogP contribution < -0.4 is 5.32 Å². The average Bonchev–Trinajstić information content (AvgIpc) is 2.95. The van der Waals surface area contributed by atoms with Crippen LogP contribution >= 0.6 is 15.9 Å². The van der Waals surface area contributed by atoms with Crippen LogP contribution in [-0.4, -0.2) is 31.6 Å². The fourth-order valence-corrected chi connectivity index (χ4v) is 3.95. The van der Waals surface area contributed by atoms with E-state index in [0.717, 1.165) is 12.5 Å². The first-order valence-corrected chi connectivity index (χ1v) is 7.74. The van der Waals surface area contributed by atoms with Crippen molar-refractivity contribution < 1.29 is 0 Å². The number of aryl methyl sites for hydroxylation is 1. The molecule has 2 nitrogen and oxygen atoms in total. The van der Waals surface area contributed by atoms with Crippen molar-refractivity contribution in [2.45, 2.75) is 25.3 Å². The van der Waals surface area contributed by atoms with Gasteiger partial charge in [-0.3, -0.25) is 4.90 Å². The molecule has 0 spiro atoms. The van der Waals surface area contributed by atoms with Gasteiger partial charge in [-0.2, -0.15) is 0 Å². The molecule has 1 saturated heterocycles. The zero-order valence-electron chi connectivity index (χ0n) is 11.0. The lowest BCUT2D eigenvalue weighted by molar-refractivity contribution is 0.235. The Balaban J connectivity index is 1.73. The van der Waals surface area contributed by atoms with Crippen LogP contribution in [0.3, 0.4) is 0 Å². The molecule has 1 fully saturated rings. The van der Waals surface area contributed by atoms with E-state index in [4.69, 9.17) is 0 Å². The fourth-order valence-electron chi connectivity index (χ4n) is 3.54. The lowest BCUT2D eigenvalue weighted by atomic mass is 10.1. The van der Waals surface area contributed by atoms with Crippen molar-refractivity contribution in [2.24, 2.45) is 5.92 Å². The summed E-state index contributed by atoms with van der Waals surface area (Å²) >= 11 is 3.58. The molecule has 1 N–H and O–H groups in total. The Morgan fingerprint density at radius 1 is 1.39 bits per heavy atom. The largest absolute Gasteiger partial charge is 0.319 e. The molecule has 2 aliphatic rings. The second-order valence-corrected chi connectivity index (χ2v) is 6.52. The number of rotatable bonds is 3. The third kappa shape index (κ3) is 2.36. The number of benzene rings is 1. The predicted octanol–water partition coefficient (Wildman–Crippen LogP) is 2.98. The van der Waals surface area contributed by atoms with Crippen molar-refractivity contribution in [3.8, 4) is 0 Å². The maximum absolute atomic E-state index is 3.58. The number of halogens is 1. The van der Waals surface area contributed by atoms with Crippen molar-refractivity contribution in [1.82, 2.24) is 10.2 Å². The van der Waals surface area contributed by atoms with Gasteiger partial charge in [0.2, 0.25) is 0 Å². The molecule has 1 aromatic carbocycles. The second kappa shape index (κ2) is 5.32. The maximum atomic E-state index is 3.58. The van der Waals surface area contributed by atoms with Crippen LogP contribution in [0.25, 0.3) is 0 Å². The summed E-state index contributed by atoms with van der Waals surface area (Å²) in [5.41, 5.74) is 3.12. The summed E-state index contributed by atoms with van der Waals surface area (Å²) in [6, 6.07) is 7.49. The molecular formula is C15H21BrN2. The first-order valence-electron chi connectivity index (χ1n) is 6.95.